The van der Waals surface area contributed by atoms with Crippen molar-refractivity contribution in [1.82, 2.24) is 0 Å². The fraction of sp³-hybridized carbons (Fsp3) is 0.889. The Labute approximate surface area is 415 Å². The van der Waals surface area contributed by atoms with Crippen molar-refractivity contribution in [3.05, 3.63) is 24.3 Å². The molecule has 4 unspecified atom stereocenters. The summed E-state index contributed by atoms with van der Waals surface area (Å²) in [5.41, 5.74) is 0. The highest BCUT2D eigenvalue weighted by Crippen LogP contribution is 2.27. The molecule has 0 spiro atoms. The van der Waals surface area contributed by atoms with Crippen LogP contribution in [0, 0.1) is 0 Å². The van der Waals surface area contributed by atoms with Gasteiger partial charge in [-0.05, 0) is 44.9 Å². The summed E-state index contributed by atoms with van der Waals surface area (Å²) < 4.78 is 33.6. The van der Waals surface area contributed by atoms with E-state index in [1.807, 2.05) is 0 Å². The Morgan fingerprint density at radius 2 is 0.870 bits per heavy atom. The molecule has 404 valence electrons. The monoisotopic (exact) mass is 987 g/mol. The summed E-state index contributed by atoms with van der Waals surface area (Å²) in [5, 5.41) is 72.2. The number of hydrogen-bond acceptors (Lipinski definition) is 15. The standard InChI is InChI=1S/C54H98O15/c1-3-5-7-9-11-13-15-17-19-20-21-23-25-27-29-31-33-35-37-46(57)67-42(39-64-45(56)36-34-32-30-28-26-24-22-18-16-14-12-10-8-6-4-2)40-65-53-52(63)50(61)48(59)44(69-53)41-66-54-51(62)49(60)47(58)43(38-55)68-54/h12,14,18,22,42-44,47-55,58-63H,3-11,13,15-17,19-21,23-41H2,1-2H3/b14-12+,22-18+/t42-,43+,44+,47-,48-,49?,50?,51?,52?,53+,54+/m1/s1. The molecule has 2 aliphatic rings. The van der Waals surface area contributed by atoms with Crippen LogP contribution in [0.3, 0.4) is 0 Å². The van der Waals surface area contributed by atoms with E-state index in [0.29, 0.717) is 12.8 Å². The Hall–Kier alpha value is -2.02. The average Bonchev–Trinajstić information content (AvgIpc) is 3.34. The van der Waals surface area contributed by atoms with Gasteiger partial charge in [0, 0.05) is 12.8 Å². The first-order chi connectivity index (χ1) is 33.5. The van der Waals surface area contributed by atoms with Gasteiger partial charge in [0.05, 0.1) is 19.8 Å². The van der Waals surface area contributed by atoms with Crippen LogP contribution in [-0.4, -0.2) is 142 Å². The van der Waals surface area contributed by atoms with E-state index in [0.717, 1.165) is 64.2 Å². The molecule has 11 atom stereocenters. The molecule has 69 heavy (non-hydrogen) atoms. The number of rotatable bonds is 43. The lowest BCUT2D eigenvalue weighted by molar-refractivity contribution is -0.332. The predicted octanol–water partition coefficient (Wildman–Crippen LogP) is 8.33. The Bertz CT molecular complexity index is 1300. The third kappa shape index (κ3) is 29.3. The topological polar surface area (TPSA) is 231 Å². The molecule has 15 heteroatoms. The number of unbranched alkanes of at least 4 members (excludes halogenated alkanes) is 25. The van der Waals surface area contributed by atoms with Crippen molar-refractivity contribution in [2.75, 3.05) is 26.4 Å². The third-order valence-corrected chi connectivity index (χ3v) is 13.2. The second-order valence-electron chi connectivity index (χ2n) is 19.4. The first-order valence-electron chi connectivity index (χ1n) is 27.4. The number of ether oxygens (including phenoxy) is 6. The van der Waals surface area contributed by atoms with E-state index in [-0.39, 0.29) is 26.1 Å². The quantitative estimate of drug-likeness (QED) is 0.0173. The van der Waals surface area contributed by atoms with E-state index in [1.54, 1.807) is 0 Å². The van der Waals surface area contributed by atoms with Crippen molar-refractivity contribution < 1.29 is 73.8 Å². The van der Waals surface area contributed by atoms with Crippen molar-refractivity contribution in [3.63, 3.8) is 0 Å². The lowest BCUT2D eigenvalue weighted by Crippen LogP contribution is -2.61. The molecular weight excluding hydrogens is 889 g/mol. The van der Waals surface area contributed by atoms with Crippen LogP contribution in [-0.2, 0) is 38.0 Å². The van der Waals surface area contributed by atoms with Crippen LogP contribution in [0.4, 0.5) is 0 Å². The highest BCUT2D eigenvalue weighted by Gasteiger charge is 2.47. The smallest absolute Gasteiger partial charge is 0.306 e. The molecule has 2 rings (SSSR count). The van der Waals surface area contributed by atoms with Gasteiger partial charge < -0.3 is 64.2 Å². The van der Waals surface area contributed by atoms with Gasteiger partial charge in [0.2, 0.25) is 0 Å². The van der Waals surface area contributed by atoms with E-state index in [1.165, 1.54) is 109 Å². The minimum absolute atomic E-state index is 0.167. The molecule has 2 fully saturated rings. The minimum atomic E-state index is -1.76. The van der Waals surface area contributed by atoms with Crippen molar-refractivity contribution in [2.45, 2.75) is 280 Å². The summed E-state index contributed by atoms with van der Waals surface area (Å²) in [6, 6.07) is 0. The van der Waals surface area contributed by atoms with Gasteiger partial charge in [0.15, 0.2) is 18.7 Å². The molecule has 7 N–H and O–H groups in total. The number of carbonyl (C=O) groups excluding carboxylic acids is 2. The highest BCUT2D eigenvalue weighted by atomic mass is 16.7. The Morgan fingerprint density at radius 1 is 0.464 bits per heavy atom. The third-order valence-electron chi connectivity index (χ3n) is 13.2. The molecule has 2 saturated heterocycles. The number of aliphatic hydroxyl groups excluding tert-OH is 7. The molecular formula is C54H98O15. The summed E-state index contributed by atoms with van der Waals surface area (Å²) in [6.45, 7) is 2.58. The molecule has 2 heterocycles. The average molecular weight is 987 g/mol. The van der Waals surface area contributed by atoms with Crippen LogP contribution in [0.2, 0.25) is 0 Å². The van der Waals surface area contributed by atoms with Gasteiger partial charge in [0.1, 0.15) is 55.4 Å². The van der Waals surface area contributed by atoms with Gasteiger partial charge in [-0.15, -0.1) is 0 Å². The van der Waals surface area contributed by atoms with Crippen molar-refractivity contribution in [2.24, 2.45) is 0 Å². The summed E-state index contributed by atoms with van der Waals surface area (Å²) in [7, 11) is 0. The molecule has 0 amide bonds. The Morgan fingerprint density at radius 3 is 1.38 bits per heavy atom. The Balaban J connectivity index is 1.78. The van der Waals surface area contributed by atoms with E-state index in [9.17, 15) is 45.3 Å². The van der Waals surface area contributed by atoms with Gasteiger partial charge in [-0.1, -0.05) is 179 Å². The van der Waals surface area contributed by atoms with Crippen molar-refractivity contribution in [3.8, 4) is 0 Å². The van der Waals surface area contributed by atoms with Crippen molar-refractivity contribution >= 4 is 11.9 Å². The zero-order valence-electron chi connectivity index (χ0n) is 42.8. The second kappa shape index (κ2) is 41.5. The lowest BCUT2D eigenvalue weighted by atomic mass is 9.98. The fourth-order valence-corrected chi connectivity index (χ4v) is 8.66. The molecule has 0 saturated carbocycles. The normalized spacial score (nSPS) is 25.7. The summed E-state index contributed by atoms with van der Waals surface area (Å²) in [4.78, 5) is 25.8. The van der Waals surface area contributed by atoms with Crippen molar-refractivity contribution in [1.29, 1.82) is 0 Å². The van der Waals surface area contributed by atoms with Crippen LogP contribution in [0.25, 0.3) is 0 Å². The van der Waals surface area contributed by atoms with E-state index in [2.05, 4.69) is 38.2 Å². The van der Waals surface area contributed by atoms with Gasteiger partial charge in [-0.3, -0.25) is 9.59 Å². The van der Waals surface area contributed by atoms with Crippen LogP contribution >= 0.6 is 0 Å². The number of hydrogen-bond donors (Lipinski definition) is 7. The van der Waals surface area contributed by atoms with Gasteiger partial charge in [-0.2, -0.15) is 0 Å². The predicted molar refractivity (Wildman–Crippen MR) is 266 cm³/mol. The maximum absolute atomic E-state index is 13.0. The highest BCUT2D eigenvalue weighted by molar-refractivity contribution is 5.70. The van der Waals surface area contributed by atoms with Crippen LogP contribution in [0.15, 0.2) is 24.3 Å². The SMILES string of the molecule is CCCCC/C=C/C/C=C/CCCCCCCC(=O)OC[C@H](CO[C@H]1O[C@@H](CO[C@H]2O[C@@H](CO)[C@@H](O)C(O)C2O)[C@@H](O)C(O)C1O)OC(=O)CCCCCCCCCCCCCCCCCCCC. The summed E-state index contributed by atoms with van der Waals surface area (Å²) >= 11 is 0. The minimum Gasteiger partial charge on any atom is -0.462 e. The number of aliphatic hydroxyl groups is 7. The molecule has 0 radical (unpaired) electrons. The number of esters is 2. The molecule has 2 aliphatic heterocycles. The number of allylic oxidation sites excluding steroid dienone is 4. The van der Waals surface area contributed by atoms with Gasteiger partial charge >= 0.3 is 11.9 Å². The van der Waals surface area contributed by atoms with Gasteiger partial charge in [0.25, 0.3) is 0 Å². The lowest BCUT2D eigenvalue weighted by Gasteiger charge is -2.42. The first-order valence-corrected chi connectivity index (χ1v) is 27.4. The first kappa shape index (κ1) is 63.1. The molecule has 0 aromatic rings. The molecule has 0 aromatic carbocycles. The summed E-state index contributed by atoms with van der Waals surface area (Å²) in [6.07, 6.45) is 26.3. The largest absolute Gasteiger partial charge is 0.462 e. The maximum atomic E-state index is 13.0. The van der Waals surface area contributed by atoms with E-state index < -0.39 is 92.7 Å². The molecule has 15 nitrogen and oxygen atoms in total. The molecule has 0 bridgehead atoms. The van der Waals surface area contributed by atoms with Crippen LogP contribution in [0.1, 0.15) is 213 Å². The molecule has 0 aliphatic carbocycles. The Kier molecular flexibility index (Phi) is 37.9. The summed E-state index contributed by atoms with van der Waals surface area (Å²) in [5.74, 6) is -0.931. The zero-order valence-corrected chi connectivity index (χ0v) is 42.8. The van der Waals surface area contributed by atoms with Crippen LogP contribution < -0.4 is 0 Å². The fourth-order valence-electron chi connectivity index (χ4n) is 8.66. The zero-order chi connectivity index (χ0) is 50.3. The van der Waals surface area contributed by atoms with E-state index in [4.69, 9.17) is 28.4 Å². The maximum Gasteiger partial charge on any atom is 0.306 e. The molecule has 0 aromatic heterocycles. The van der Waals surface area contributed by atoms with Gasteiger partial charge in [-0.25, -0.2) is 0 Å². The number of carbonyl (C=O) groups is 2. The second-order valence-corrected chi connectivity index (χ2v) is 19.4. The van der Waals surface area contributed by atoms with Crippen LogP contribution in [0.5, 0.6) is 0 Å². The van der Waals surface area contributed by atoms with E-state index >= 15 is 0 Å².